The smallest absolute Gasteiger partial charge is 0.267 e. The molecule has 2 atom stereocenters. The van der Waals surface area contributed by atoms with Gasteiger partial charge in [0.25, 0.3) is 5.56 Å². The summed E-state index contributed by atoms with van der Waals surface area (Å²) in [5.41, 5.74) is 2.10. The number of aromatic nitrogens is 6. The number of para-hydroxylation sites is 1. The number of benzene rings is 2. The number of H-pyrrole nitrogens is 1. The first-order valence-electron chi connectivity index (χ1n) is 10.5. The minimum absolute atomic E-state index is 0.262. The van der Waals surface area contributed by atoms with Crippen LogP contribution in [0.1, 0.15) is 18.3 Å². The fraction of sp³-hybridized carbons (Fsp3) is 0.174. The summed E-state index contributed by atoms with van der Waals surface area (Å²) < 4.78 is 1.58. The number of anilines is 1. The highest BCUT2D eigenvalue weighted by Crippen LogP contribution is 2.37. The third kappa shape index (κ3) is 3.16. The molecule has 1 aliphatic rings. The zero-order valence-electron chi connectivity index (χ0n) is 17.3. The van der Waals surface area contributed by atoms with Crippen LogP contribution in [0.4, 0.5) is 5.82 Å². The van der Waals surface area contributed by atoms with E-state index in [0.29, 0.717) is 57.4 Å². The number of imidazole rings is 1. The third-order valence-corrected chi connectivity index (χ3v) is 6.25. The number of β-amino-alcohol motifs (C(OH)–C–C–N with tert-alkyl or cyclic N) is 1. The van der Waals surface area contributed by atoms with E-state index in [0.717, 1.165) is 0 Å². The van der Waals surface area contributed by atoms with Crippen LogP contribution in [0.2, 0.25) is 5.02 Å². The van der Waals surface area contributed by atoms with E-state index >= 15 is 0 Å². The van der Waals surface area contributed by atoms with Gasteiger partial charge in [-0.2, -0.15) is 0 Å². The summed E-state index contributed by atoms with van der Waals surface area (Å²) in [6.45, 7) is 0.327. The number of hydrogen-bond donors (Lipinski definition) is 2. The van der Waals surface area contributed by atoms with Crippen LogP contribution < -0.4 is 10.5 Å². The monoisotopic (exact) mass is 459 g/mol. The number of hydrogen-bond acceptors (Lipinski definition) is 7. The first-order valence-corrected chi connectivity index (χ1v) is 10.8. The van der Waals surface area contributed by atoms with Crippen molar-refractivity contribution in [2.75, 3.05) is 11.4 Å². The van der Waals surface area contributed by atoms with Crippen molar-refractivity contribution in [2.45, 2.75) is 18.6 Å². The highest BCUT2D eigenvalue weighted by atomic mass is 35.5. The van der Waals surface area contributed by atoms with E-state index in [1.807, 2.05) is 35.2 Å². The highest BCUT2D eigenvalue weighted by molar-refractivity contribution is 6.35. The average molecular weight is 460 g/mol. The summed E-state index contributed by atoms with van der Waals surface area (Å²) in [7, 11) is 0. The van der Waals surface area contributed by atoms with Crippen molar-refractivity contribution in [3.05, 3.63) is 82.4 Å². The molecular weight excluding hydrogens is 442 g/mol. The second kappa shape index (κ2) is 7.65. The Labute approximate surface area is 192 Å². The standard InChI is InChI=1S/C23H18ClN7O2/c24-15-7-4-8-16-18(15)23(33)31(13-5-2-1-3-6-13)21(29-16)17-9-14(32)10-30(17)22-19-20(26-11-25-19)27-12-28-22/h1-8,11-12,14,17,32H,9-10H2,(H,25,26,27,28)/t14-,17-/m0/s1. The Hall–Kier alpha value is -3.82. The molecule has 4 heterocycles. The Morgan fingerprint density at radius 2 is 1.91 bits per heavy atom. The maximum Gasteiger partial charge on any atom is 0.267 e. The molecule has 9 nitrogen and oxygen atoms in total. The number of rotatable bonds is 3. The van der Waals surface area contributed by atoms with Gasteiger partial charge in [-0.1, -0.05) is 35.9 Å². The van der Waals surface area contributed by atoms with Gasteiger partial charge < -0.3 is 15.0 Å². The van der Waals surface area contributed by atoms with E-state index in [4.69, 9.17) is 16.6 Å². The molecule has 0 bridgehead atoms. The molecule has 10 heteroatoms. The van der Waals surface area contributed by atoms with Gasteiger partial charge >= 0.3 is 0 Å². The van der Waals surface area contributed by atoms with Crippen molar-refractivity contribution in [3.63, 3.8) is 0 Å². The molecule has 0 amide bonds. The zero-order valence-corrected chi connectivity index (χ0v) is 18.0. The largest absolute Gasteiger partial charge is 0.391 e. The van der Waals surface area contributed by atoms with Crippen molar-refractivity contribution >= 4 is 39.5 Å². The molecule has 3 aromatic heterocycles. The molecule has 0 aliphatic carbocycles. The van der Waals surface area contributed by atoms with Crippen LogP contribution in [-0.4, -0.2) is 47.2 Å². The quantitative estimate of drug-likeness (QED) is 0.426. The number of aliphatic hydroxyl groups is 1. The first-order chi connectivity index (χ1) is 16.1. The van der Waals surface area contributed by atoms with Gasteiger partial charge in [0.15, 0.2) is 11.5 Å². The minimum atomic E-state index is -0.626. The predicted molar refractivity (Wildman–Crippen MR) is 125 cm³/mol. The van der Waals surface area contributed by atoms with Gasteiger partial charge in [0.2, 0.25) is 0 Å². The van der Waals surface area contributed by atoms with Gasteiger partial charge in [0.05, 0.1) is 40.1 Å². The number of aliphatic hydroxyl groups excluding tert-OH is 1. The topological polar surface area (TPSA) is 113 Å². The Bertz CT molecular complexity index is 1550. The van der Waals surface area contributed by atoms with E-state index in [1.54, 1.807) is 29.1 Å². The van der Waals surface area contributed by atoms with Crippen LogP contribution in [0, 0.1) is 0 Å². The molecule has 6 rings (SSSR count). The third-order valence-electron chi connectivity index (χ3n) is 5.94. The van der Waals surface area contributed by atoms with Crippen LogP contribution in [0.3, 0.4) is 0 Å². The van der Waals surface area contributed by atoms with Crippen LogP contribution in [0.25, 0.3) is 27.8 Å². The van der Waals surface area contributed by atoms with Crippen molar-refractivity contribution in [3.8, 4) is 5.69 Å². The van der Waals surface area contributed by atoms with E-state index < -0.39 is 12.1 Å². The minimum Gasteiger partial charge on any atom is -0.391 e. The van der Waals surface area contributed by atoms with Crippen LogP contribution in [0.15, 0.2) is 66.0 Å². The van der Waals surface area contributed by atoms with Crippen LogP contribution in [-0.2, 0) is 0 Å². The van der Waals surface area contributed by atoms with Gasteiger partial charge in [-0.05, 0) is 24.3 Å². The molecule has 0 spiro atoms. The highest BCUT2D eigenvalue weighted by Gasteiger charge is 2.37. The van der Waals surface area contributed by atoms with E-state index in [9.17, 15) is 9.90 Å². The number of nitrogens with zero attached hydrogens (tertiary/aromatic N) is 6. The van der Waals surface area contributed by atoms with Gasteiger partial charge in [-0.15, -0.1) is 0 Å². The summed E-state index contributed by atoms with van der Waals surface area (Å²) >= 11 is 6.40. The lowest BCUT2D eigenvalue weighted by Gasteiger charge is -2.27. The van der Waals surface area contributed by atoms with E-state index in [2.05, 4.69) is 19.9 Å². The lowest BCUT2D eigenvalue weighted by atomic mass is 10.1. The van der Waals surface area contributed by atoms with Crippen LogP contribution in [0.5, 0.6) is 0 Å². The summed E-state index contributed by atoms with van der Waals surface area (Å²) in [4.78, 5) is 36.5. The lowest BCUT2D eigenvalue weighted by Crippen LogP contribution is -2.32. The zero-order chi connectivity index (χ0) is 22.5. The Kier molecular flexibility index (Phi) is 4.60. The number of aromatic amines is 1. The summed E-state index contributed by atoms with van der Waals surface area (Å²) in [6.07, 6.45) is 2.75. The molecule has 0 radical (unpaired) electrons. The fourth-order valence-electron chi connectivity index (χ4n) is 4.52. The van der Waals surface area contributed by atoms with Gasteiger partial charge in [-0.3, -0.25) is 9.36 Å². The average Bonchev–Trinajstić information content (AvgIpc) is 3.46. The molecular formula is C23H18ClN7O2. The number of nitrogens with one attached hydrogen (secondary N) is 1. The second-order valence-corrected chi connectivity index (χ2v) is 8.34. The molecule has 2 aromatic carbocycles. The Morgan fingerprint density at radius 3 is 2.76 bits per heavy atom. The van der Waals surface area contributed by atoms with Crippen molar-refractivity contribution in [1.82, 2.24) is 29.5 Å². The maximum atomic E-state index is 13.7. The lowest BCUT2D eigenvalue weighted by molar-refractivity contribution is 0.193. The summed E-state index contributed by atoms with van der Waals surface area (Å²) in [5, 5.41) is 11.4. The first kappa shape index (κ1) is 19.8. The summed E-state index contributed by atoms with van der Waals surface area (Å²) in [6, 6.07) is 14.1. The SMILES string of the molecule is O=c1c2c(Cl)cccc2nc([C@@H]2C[C@H](O)CN2c2ncnc3nc[nH]c23)n1-c1ccccc1. The Morgan fingerprint density at radius 1 is 1.06 bits per heavy atom. The normalized spacial score (nSPS) is 18.4. The molecule has 2 N–H and O–H groups in total. The van der Waals surface area contributed by atoms with E-state index in [-0.39, 0.29) is 5.56 Å². The van der Waals surface area contributed by atoms with Crippen molar-refractivity contribution in [1.29, 1.82) is 0 Å². The molecule has 0 unspecified atom stereocenters. The number of halogens is 1. The molecule has 1 saturated heterocycles. The maximum absolute atomic E-state index is 13.7. The molecule has 5 aromatic rings. The Balaban J connectivity index is 1.63. The van der Waals surface area contributed by atoms with Crippen LogP contribution >= 0.6 is 11.6 Å². The predicted octanol–water partition coefficient (Wildman–Crippen LogP) is 3.02. The number of fused-ring (bicyclic) bond motifs is 2. The van der Waals surface area contributed by atoms with Gasteiger partial charge in [-0.25, -0.2) is 19.9 Å². The van der Waals surface area contributed by atoms with Gasteiger partial charge in [0.1, 0.15) is 17.7 Å². The molecule has 1 fully saturated rings. The van der Waals surface area contributed by atoms with Crippen molar-refractivity contribution < 1.29 is 5.11 Å². The molecule has 33 heavy (non-hydrogen) atoms. The summed E-state index contributed by atoms with van der Waals surface area (Å²) in [5.74, 6) is 1.10. The second-order valence-electron chi connectivity index (χ2n) is 7.94. The molecule has 164 valence electrons. The van der Waals surface area contributed by atoms with Gasteiger partial charge in [0, 0.05) is 13.0 Å². The van der Waals surface area contributed by atoms with Crippen molar-refractivity contribution in [2.24, 2.45) is 0 Å². The molecule has 1 aliphatic heterocycles. The fourth-order valence-corrected chi connectivity index (χ4v) is 4.77. The van der Waals surface area contributed by atoms with E-state index in [1.165, 1.54) is 6.33 Å². The molecule has 0 saturated carbocycles.